The minimum Gasteiger partial charge on any atom is -0.507 e. The van der Waals surface area contributed by atoms with Crippen LogP contribution in [0.4, 0.5) is 0 Å². The number of aromatic hydroxyl groups is 2. The molecule has 0 bridgehead atoms. The quantitative estimate of drug-likeness (QED) is 0.364. The van der Waals surface area contributed by atoms with E-state index in [9.17, 15) is 10.2 Å². The Bertz CT molecular complexity index is 1130. The van der Waals surface area contributed by atoms with E-state index >= 15 is 0 Å². The number of hydrogen-bond donors (Lipinski definition) is 2. The van der Waals surface area contributed by atoms with E-state index in [2.05, 4.69) is 132 Å². The Labute approximate surface area is 232 Å². The van der Waals surface area contributed by atoms with E-state index in [0.29, 0.717) is 11.5 Å². The SMILES string of the molecule is CC(C)(C)c1cc(Cc2cccc(Cc3cc(C(C)(C)C)c(O)c(C(C)(C)C)c3)c2)cc(C(C)(C)C)c1O. The lowest BCUT2D eigenvalue weighted by Crippen LogP contribution is -2.18. The van der Waals surface area contributed by atoms with Crippen LogP contribution in [0.5, 0.6) is 11.5 Å². The van der Waals surface area contributed by atoms with Crippen LogP contribution in [0.3, 0.4) is 0 Å². The second kappa shape index (κ2) is 10.1. The number of phenols is 2. The van der Waals surface area contributed by atoms with Gasteiger partial charge in [-0.15, -0.1) is 0 Å². The Morgan fingerprint density at radius 2 is 0.684 bits per heavy atom. The van der Waals surface area contributed by atoms with Crippen molar-refractivity contribution in [1.82, 2.24) is 0 Å². The van der Waals surface area contributed by atoms with E-state index in [0.717, 1.165) is 35.1 Å². The van der Waals surface area contributed by atoms with Gasteiger partial charge >= 0.3 is 0 Å². The summed E-state index contributed by atoms with van der Waals surface area (Å²) in [5.41, 5.74) is 8.43. The van der Waals surface area contributed by atoms with Crippen LogP contribution < -0.4 is 0 Å². The molecule has 0 aliphatic heterocycles. The normalized spacial score (nSPS) is 13.2. The third-order valence-electron chi connectivity index (χ3n) is 7.38. The van der Waals surface area contributed by atoms with E-state index < -0.39 is 0 Å². The fourth-order valence-corrected chi connectivity index (χ4v) is 5.20. The van der Waals surface area contributed by atoms with Crippen molar-refractivity contribution in [2.45, 2.75) is 118 Å². The molecule has 0 aromatic heterocycles. The molecule has 0 atom stereocenters. The third-order valence-corrected chi connectivity index (χ3v) is 7.38. The van der Waals surface area contributed by atoms with Gasteiger partial charge in [0, 0.05) is 0 Å². The summed E-state index contributed by atoms with van der Waals surface area (Å²) in [4.78, 5) is 0. The van der Waals surface area contributed by atoms with Crippen LogP contribution in [0.1, 0.15) is 128 Å². The van der Waals surface area contributed by atoms with Crippen molar-refractivity contribution >= 4 is 0 Å². The average Bonchev–Trinajstić information content (AvgIpc) is 2.73. The van der Waals surface area contributed by atoms with Crippen LogP contribution in [0.25, 0.3) is 0 Å². The van der Waals surface area contributed by atoms with Crippen LogP contribution in [-0.4, -0.2) is 10.2 Å². The zero-order chi connectivity index (χ0) is 28.8. The van der Waals surface area contributed by atoms with Crippen LogP contribution in [0.2, 0.25) is 0 Å². The largest absolute Gasteiger partial charge is 0.507 e. The molecular weight excluding hydrogens is 464 g/mol. The molecule has 0 saturated heterocycles. The number of hydrogen-bond acceptors (Lipinski definition) is 2. The minimum absolute atomic E-state index is 0.143. The highest BCUT2D eigenvalue weighted by molar-refractivity contribution is 5.52. The second-order valence-electron chi connectivity index (χ2n) is 15.3. The van der Waals surface area contributed by atoms with Crippen molar-refractivity contribution in [2.24, 2.45) is 0 Å². The molecule has 0 unspecified atom stereocenters. The molecular formula is C36H50O2. The predicted octanol–water partition coefficient (Wildman–Crippen LogP) is 9.47. The number of phenolic OH excluding ortho intramolecular Hbond substituents is 2. The molecule has 3 rings (SSSR count). The van der Waals surface area contributed by atoms with Gasteiger partial charge in [0.15, 0.2) is 0 Å². The van der Waals surface area contributed by atoms with Gasteiger partial charge in [0.05, 0.1) is 0 Å². The van der Waals surface area contributed by atoms with Gasteiger partial charge in [-0.2, -0.15) is 0 Å². The van der Waals surface area contributed by atoms with Crippen LogP contribution in [0, 0.1) is 0 Å². The monoisotopic (exact) mass is 514 g/mol. The number of benzene rings is 3. The van der Waals surface area contributed by atoms with Crippen LogP contribution >= 0.6 is 0 Å². The molecule has 0 fully saturated rings. The summed E-state index contributed by atoms with van der Waals surface area (Å²) in [6.45, 7) is 25.9. The van der Waals surface area contributed by atoms with Gasteiger partial charge in [-0.1, -0.05) is 132 Å². The highest BCUT2D eigenvalue weighted by atomic mass is 16.3. The van der Waals surface area contributed by atoms with E-state index in [1.54, 1.807) is 0 Å². The zero-order valence-electron chi connectivity index (χ0n) is 25.9. The Morgan fingerprint density at radius 1 is 0.421 bits per heavy atom. The summed E-state index contributed by atoms with van der Waals surface area (Å²) in [7, 11) is 0. The van der Waals surface area contributed by atoms with Gasteiger partial charge in [-0.05, 0) is 79.0 Å². The topological polar surface area (TPSA) is 40.5 Å². The van der Waals surface area contributed by atoms with Gasteiger partial charge in [-0.25, -0.2) is 0 Å². The summed E-state index contributed by atoms with van der Waals surface area (Å²) in [5.74, 6) is 0.860. The van der Waals surface area contributed by atoms with Crippen molar-refractivity contribution in [3.8, 4) is 11.5 Å². The van der Waals surface area contributed by atoms with E-state index in [1.165, 1.54) is 22.3 Å². The molecule has 0 radical (unpaired) electrons. The highest BCUT2D eigenvalue weighted by Gasteiger charge is 2.28. The molecule has 3 aromatic rings. The lowest BCUT2D eigenvalue weighted by molar-refractivity contribution is 0.422. The lowest BCUT2D eigenvalue weighted by Gasteiger charge is -2.28. The summed E-state index contributed by atoms with van der Waals surface area (Å²) in [6.07, 6.45) is 1.63. The first-order valence-electron chi connectivity index (χ1n) is 14.0. The van der Waals surface area contributed by atoms with Gasteiger partial charge in [0.25, 0.3) is 0 Å². The first kappa shape index (κ1) is 29.8. The molecule has 38 heavy (non-hydrogen) atoms. The Hall–Kier alpha value is -2.74. The minimum atomic E-state index is -0.143. The van der Waals surface area contributed by atoms with Crippen molar-refractivity contribution < 1.29 is 10.2 Å². The molecule has 0 heterocycles. The maximum absolute atomic E-state index is 11.1. The standard InChI is InChI=1S/C36H50O2/c1-33(2,3)27-19-25(20-28(31(27)37)34(4,5)6)17-23-14-13-15-24(16-23)18-26-21-29(35(7,8)9)32(38)30(22-26)36(10,11)12/h13-16,19-22,37-38H,17-18H2,1-12H3. The molecule has 3 aromatic carbocycles. The fourth-order valence-electron chi connectivity index (χ4n) is 5.20. The maximum Gasteiger partial charge on any atom is 0.123 e. The molecule has 0 aliphatic rings. The molecule has 2 nitrogen and oxygen atoms in total. The highest BCUT2D eigenvalue weighted by Crippen LogP contribution is 2.41. The summed E-state index contributed by atoms with van der Waals surface area (Å²) in [5, 5.41) is 22.2. The summed E-state index contributed by atoms with van der Waals surface area (Å²) in [6, 6.07) is 17.6. The fraction of sp³-hybridized carbons (Fsp3) is 0.500. The van der Waals surface area contributed by atoms with E-state index in [1.807, 2.05) is 0 Å². The van der Waals surface area contributed by atoms with E-state index in [4.69, 9.17) is 0 Å². The zero-order valence-corrected chi connectivity index (χ0v) is 25.9. The smallest absolute Gasteiger partial charge is 0.123 e. The van der Waals surface area contributed by atoms with Gasteiger partial charge in [0.1, 0.15) is 11.5 Å². The predicted molar refractivity (Wildman–Crippen MR) is 163 cm³/mol. The Balaban J connectivity index is 2.01. The molecule has 0 aliphatic carbocycles. The Kier molecular flexibility index (Phi) is 7.92. The average molecular weight is 515 g/mol. The van der Waals surface area contributed by atoms with Crippen LogP contribution in [-0.2, 0) is 34.5 Å². The van der Waals surface area contributed by atoms with Gasteiger partial charge < -0.3 is 10.2 Å². The van der Waals surface area contributed by atoms with Crippen molar-refractivity contribution in [3.63, 3.8) is 0 Å². The van der Waals surface area contributed by atoms with Gasteiger partial charge in [-0.3, -0.25) is 0 Å². The summed E-state index contributed by atoms with van der Waals surface area (Å²) >= 11 is 0. The second-order valence-corrected chi connectivity index (χ2v) is 15.3. The molecule has 2 N–H and O–H groups in total. The van der Waals surface area contributed by atoms with Gasteiger partial charge in [0.2, 0.25) is 0 Å². The molecule has 0 amide bonds. The first-order valence-corrected chi connectivity index (χ1v) is 14.0. The van der Waals surface area contributed by atoms with E-state index in [-0.39, 0.29) is 21.7 Å². The maximum atomic E-state index is 11.1. The van der Waals surface area contributed by atoms with Crippen molar-refractivity contribution in [2.75, 3.05) is 0 Å². The molecule has 0 spiro atoms. The Morgan fingerprint density at radius 3 is 0.921 bits per heavy atom. The third kappa shape index (κ3) is 6.82. The van der Waals surface area contributed by atoms with Crippen LogP contribution in [0.15, 0.2) is 48.5 Å². The molecule has 0 saturated carbocycles. The first-order chi connectivity index (χ1) is 17.2. The van der Waals surface area contributed by atoms with Crippen molar-refractivity contribution in [3.05, 3.63) is 93.0 Å². The summed E-state index contributed by atoms with van der Waals surface area (Å²) < 4.78 is 0. The molecule has 2 heteroatoms. The lowest BCUT2D eigenvalue weighted by atomic mass is 9.77. The molecule has 206 valence electrons. The van der Waals surface area contributed by atoms with Crippen molar-refractivity contribution in [1.29, 1.82) is 0 Å². The number of rotatable bonds is 4.